The van der Waals surface area contributed by atoms with Crippen LogP contribution in [-0.2, 0) is 24.2 Å². The first-order valence-electron chi connectivity index (χ1n) is 11.1. The second-order valence-corrected chi connectivity index (χ2v) is 8.08. The van der Waals surface area contributed by atoms with Crippen molar-refractivity contribution in [3.8, 4) is 5.75 Å². The van der Waals surface area contributed by atoms with Gasteiger partial charge in [0.1, 0.15) is 5.75 Å². The van der Waals surface area contributed by atoms with Gasteiger partial charge in [-0.05, 0) is 62.4 Å². The minimum absolute atomic E-state index is 0.115. The Hall–Kier alpha value is -2.41. The minimum Gasteiger partial charge on any atom is -0.497 e. The molecule has 1 amide bonds. The Morgan fingerprint density at radius 3 is 2.70 bits per heavy atom. The number of carbonyl (C=O) groups is 1. The molecule has 1 aromatic heterocycles. The van der Waals surface area contributed by atoms with E-state index < -0.39 is 0 Å². The van der Waals surface area contributed by atoms with Crippen molar-refractivity contribution < 1.29 is 14.1 Å². The number of amides is 1. The maximum atomic E-state index is 12.1. The third-order valence-electron chi connectivity index (χ3n) is 5.64. The zero-order valence-electron chi connectivity index (χ0n) is 18.2. The van der Waals surface area contributed by atoms with E-state index in [1.807, 2.05) is 12.1 Å². The van der Waals surface area contributed by atoms with Gasteiger partial charge in [-0.2, -0.15) is 4.98 Å². The molecular formula is C23H34N4O3. The summed E-state index contributed by atoms with van der Waals surface area (Å²) >= 11 is 0. The van der Waals surface area contributed by atoms with Gasteiger partial charge in [0.2, 0.25) is 11.8 Å². The highest BCUT2D eigenvalue weighted by Gasteiger charge is 2.20. The smallest absolute Gasteiger partial charge is 0.226 e. The molecule has 0 atom stereocenters. The van der Waals surface area contributed by atoms with Crippen molar-refractivity contribution in [1.29, 1.82) is 0 Å². The number of nitrogens with zero attached hydrogens (tertiary/aromatic N) is 3. The third-order valence-corrected chi connectivity index (χ3v) is 5.64. The van der Waals surface area contributed by atoms with Crippen molar-refractivity contribution in [2.45, 2.75) is 58.4 Å². The van der Waals surface area contributed by atoms with Crippen LogP contribution in [0.3, 0.4) is 0 Å². The standard InChI is InChI=1S/C23H34N4O3/c1-3-5-21-25-23(30-26-21)7-4-6-22(28)24-16-18-12-14-27(15-13-18)17-19-8-10-20(29-2)11-9-19/h8-11,18H,3-7,12-17H2,1-2H3,(H,24,28). The number of likely N-dealkylation sites (tertiary alicyclic amines) is 1. The molecule has 0 unspecified atom stereocenters. The van der Waals surface area contributed by atoms with Crippen LogP contribution in [0.4, 0.5) is 0 Å². The number of carbonyl (C=O) groups excluding carboxylic acids is 1. The Morgan fingerprint density at radius 2 is 2.00 bits per heavy atom. The molecule has 1 N–H and O–H groups in total. The van der Waals surface area contributed by atoms with Crippen LogP contribution in [0.5, 0.6) is 5.75 Å². The summed E-state index contributed by atoms with van der Waals surface area (Å²) in [5.41, 5.74) is 1.31. The molecule has 1 aromatic carbocycles. The number of rotatable bonds is 11. The van der Waals surface area contributed by atoms with E-state index in [4.69, 9.17) is 9.26 Å². The van der Waals surface area contributed by atoms with E-state index in [2.05, 4.69) is 39.4 Å². The fourth-order valence-corrected chi connectivity index (χ4v) is 3.80. The van der Waals surface area contributed by atoms with Crippen molar-refractivity contribution in [2.24, 2.45) is 5.92 Å². The number of nitrogens with one attached hydrogen (secondary N) is 1. The Bertz CT molecular complexity index is 767. The van der Waals surface area contributed by atoms with E-state index >= 15 is 0 Å². The first-order valence-corrected chi connectivity index (χ1v) is 11.1. The monoisotopic (exact) mass is 414 g/mol. The number of piperidine rings is 1. The number of benzene rings is 1. The van der Waals surface area contributed by atoms with Gasteiger partial charge in [-0.25, -0.2) is 0 Å². The Labute approximate surface area is 179 Å². The second-order valence-electron chi connectivity index (χ2n) is 8.08. The van der Waals surface area contributed by atoms with Crippen LogP contribution in [0.25, 0.3) is 0 Å². The predicted molar refractivity (Wildman–Crippen MR) is 115 cm³/mol. The molecule has 1 aliphatic heterocycles. The maximum Gasteiger partial charge on any atom is 0.226 e. The maximum absolute atomic E-state index is 12.1. The number of aromatic nitrogens is 2. The first kappa shape index (κ1) is 22.3. The highest BCUT2D eigenvalue weighted by molar-refractivity contribution is 5.75. The van der Waals surface area contributed by atoms with Gasteiger partial charge < -0.3 is 14.6 Å². The zero-order chi connectivity index (χ0) is 21.2. The summed E-state index contributed by atoms with van der Waals surface area (Å²) in [7, 11) is 1.69. The van der Waals surface area contributed by atoms with E-state index in [0.717, 1.165) is 69.9 Å². The molecule has 30 heavy (non-hydrogen) atoms. The van der Waals surface area contributed by atoms with Crippen molar-refractivity contribution in [3.05, 3.63) is 41.5 Å². The molecule has 2 heterocycles. The lowest BCUT2D eigenvalue weighted by molar-refractivity contribution is -0.121. The van der Waals surface area contributed by atoms with E-state index in [-0.39, 0.29) is 5.91 Å². The highest BCUT2D eigenvalue weighted by Crippen LogP contribution is 2.19. The van der Waals surface area contributed by atoms with E-state index in [0.29, 0.717) is 24.7 Å². The fourth-order valence-electron chi connectivity index (χ4n) is 3.80. The van der Waals surface area contributed by atoms with Crippen LogP contribution < -0.4 is 10.1 Å². The molecular weight excluding hydrogens is 380 g/mol. The lowest BCUT2D eigenvalue weighted by Crippen LogP contribution is -2.38. The fraction of sp³-hybridized carbons (Fsp3) is 0.609. The molecule has 0 radical (unpaired) electrons. The zero-order valence-corrected chi connectivity index (χ0v) is 18.2. The summed E-state index contributed by atoms with van der Waals surface area (Å²) in [4.78, 5) is 19.0. The van der Waals surface area contributed by atoms with Crippen LogP contribution in [-0.4, -0.2) is 47.7 Å². The van der Waals surface area contributed by atoms with Crippen LogP contribution in [0.2, 0.25) is 0 Å². The molecule has 164 valence electrons. The normalized spacial score (nSPS) is 15.3. The van der Waals surface area contributed by atoms with E-state index in [9.17, 15) is 4.79 Å². The summed E-state index contributed by atoms with van der Waals surface area (Å²) < 4.78 is 10.4. The van der Waals surface area contributed by atoms with Crippen molar-refractivity contribution in [3.63, 3.8) is 0 Å². The number of ether oxygens (including phenoxy) is 1. The van der Waals surface area contributed by atoms with Gasteiger partial charge in [0.05, 0.1) is 7.11 Å². The van der Waals surface area contributed by atoms with Crippen LogP contribution in [0, 0.1) is 5.92 Å². The SMILES string of the molecule is CCCc1noc(CCCC(=O)NCC2CCN(Cc3ccc(OC)cc3)CC2)n1. The van der Waals surface area contributed by atoms with Crippen molar-refractivity contribution in [1.82, 2.24) is 20.4 Å². The molecule has 0 saturated carbocycles. The quantitative estimate of drug-likeness (QED) is 0.607. The van der Waals surface area contributed by atoms with Crippen LogP contribution >= 0.6 is 0 Å². The number of hydrogen-bond donors (Lipinski definition) is 1. The number of methoxy groups -OCH3 is 1. The lowest BCUT2D eigenvalue weighted by Gasteiger charge is -2.32. The minimum atomic E-state index is 0.115. The average molecular weight is 415 g/mol. The second kappa shape index (κ2) is 11.7. The molecule has 7 nitrogen and oxygen atoms in total. The molecule has 0 aliphatic carbocycles. The predicted octanol–water partition coefficient (Wildman–Crippen LogP) is 3.38. The molecule has 1 fully saturated rings. The van der Waals surface area contributed by atoms with Gasteiger partial charge in [0.25, 0.3) is 0 Å². The summed E-state index contributed by atoms with van der Waals surface area (Å²) in [5.74, 6) is 2.97. The molecule has 2 aromatic rings. The van der Waals surface area contributed by atoms with Gasteiger partial charge in [0, 0.05) is 32.4 Å². The van der Waals surface area contributed by atoms with Crippen molar-refractivity contribution >= 4 is 5.91 Å². The number of hydrogen-bond acceptors (Lipinski definition) is 6. The third kappa shape index (κ3) is 7.13. The Morgan fingerprint density at radius 1 is 1.23 bits per heavy atom. The topological polar surface area (TPSA) is 80.5 Å². The molecule has 1 aliphatic rings. The van der Waals surface area contributed by atoms with Gasteiger partial charge in [0.15, 0.2) is 5.82 Å². The Kier molecular flexibility index (Phi) is 8.68. The molecule has 1 saturated heterocycles. The van der Waals surface area contributed by atoms with Crippen LogP contribution in [0.1, 0.15) is 56.3 Å². The van der Waals surface area contributed by atoms with Crippen molar-refractivity contribution in [2.75, 3.05) is 26.7 Å². The molecule has 0 spiro atoms. The average Bonchev–Trinajstić information content (AvgIpc) is 3.21. The largest absolute Gasteiger partial charge is 0.497 e. The summed E-state index contributed by atoms with van der Waals surface area (Å²) in [6, 6.07) is 8.29. The van der Waals surface area contributed by atoms with E-state index in [1.54, 1.807) is 7.11 Å². The highest BCUT2D eigenvalue weighted by atomic mass is 16.5. The van der Waals surface area contributed by atoms with Crippen LogP contribution in [0.15, 0.2) is 28.8 Å². The van der Waals surface area contributed by atoms with Gasteiger partial charge >= 0.3 is 0 Å². The molecule has 3 rings (SSSR count). The summed E-state index contributed by atoms with van der Waals surface area (Å²) in [6.45, 7) is 5.98. The van der Waals surface area contributed by atoms with Gasteiger partial charge in [-0.1, -0.05) is 24.2 Å². The van der Waals surface area contributed by atoms with Gasteiger partial charge in [-0.3, -0.25) is 9.69 Å². The molecule has 7 heteroatoms. The molecule has 0 bridgehead atoms. The van der Waals surface area contributed by atoms with Gasteiger partial charge in [-0.15, -0.1) is 0 Å². The van der Waals surface area contributed by atoms with E-state index in [1.165, 1.54) is 5.56 Å². The number of aryl methyl sites for hydroxylation is 2. The lowest BCUT2D eigenvalue weighted by atomic mass is 9.96. The Balaban J connectivity index is 1.27. The summed E-state index contributed by atoms with van der Waals surface area (Å²) in [6.07, 6.45) is 5.98. The first-order chi connectivity index (χ1) is 14.7. The summed E-state index contributed by atoms with van der Waals surface area (Å²) in [5, 5.41) is 7.05.